The molecule has 1 amide bonds. The number of primary amides is 1. The van der Waals surface area contributed by atoms with Crippen LogP contribution in [0.4, 0.5) is 22.0 Å². The van der Waals surface area contributed by atoms with Crippen molar-refractivity contribution in [1.82, 2.24) is 9.78 Å². The Hall–Kier alpha value is -1.67. The maximum Gasteiger partial charge on any atom is 0.435 e. The third-order valence-corrected chi connectivity index (χ3v) is 3.66. The quantitative estimate of drug-likeness (QED) is 0.851. The number of halogens is 5. The van der Waals surface area contributed by atoms with Crippen LogP contribution in [0.15, 0.2) is 0 Å². The van der Waals surface area contributed by atoms with Crippen LogP contribution in [0.5, 0.6) is 0 Å². The summed E-state index contributed by atoms with van der Waals surface area (Å²) < 4.78 is 67.3. The van der Waals surface area contributed by atoms with E-state index in [0.717, 1.165) is 0 Å². The number of fused-ring (bicyclic) bond motifs is 1. The van der Waals surface area contributed by atoms with E-state index in [1.807, 2.05) is 0 Å². The molecule has 0 unspecified atom stereocenters. The largest absolute Gasteiger partial charge is 0.435 e. The van der Waals surface area contributed by atoms with Gasteiger partial charge in [-0.25, -0.2) is 0 Å². The highest BCUT2D eigenvalue weighted by Crippen LogP contribution is 2.55. The van der Waals surface area contributed by atoms with Gasteiger partial charge in [0.05, 0.1) is 0 Å². The molecule has 9 heteroatoms. The van der Waals surface area contributed by atoms with E-state index in [2.05, 4.69) is 5.10 Å². The van der Waals surface area contributed by atoms with Crippen LogP contribution in [0.25, 0.3) is 0 Å². The van der Waals surface area contributed by atoms with E-state index < -0.39 is 53.3 Å². The molecule has 2 N–H and O–H groups in total. The maximum atomic E-state index is 14.1. The lowest BCUT2D eigenvalue weighted by molar-refractivity contribution is -0.142. The fraction of sp³-hybridized carbons (Fsp3) is 0.636. The Bertz CT molecular complexity index is 563. The highest BCUT2D eigenvalue weighted by molar-refractivity contribution is 5.73. The number of amides is 1. The fourth-order valence-electron chi connectivity index (χ4n) is 2.51. The van der Waals surface area contributed by atoms with Gasteiger partial charge in [0.15, 0.2) is 5.69 Å². The van der Waals surface area contributed by atoms with E-state index in [9.17, 15) is 26.7 Å². The van der Waals surface area contributed by atoms with Crippen molar-refractivity contribution in [3.8, 4) is 0 Å². The highest BCUT2D eigenvalue weighted by Gasteiger charge is 2.57. The SMILES string of the molecule is C[C@@H]1c2c(C(F)(F)F)nn(CC(N)=O)c2C(F)(F)[C@@H]1C. The molecule has 1 aliphatic carbocycles. The molecule has 2 atom stereocenters. The van der Waals surface area contributed by atoms with Crippen LogP contribution < -0.4 is 5.73 Å². The minimum absolute atomic E-state index is 0.375. The zero-order valence-electron chi connectivity index (χ0n) is 10.6. The molecule has 1 aromatic heterocycles. The normalized spacial score (nSPS) is 24.8. The molecule has 0 spiro atoms. The molecular weight excluding hydrogens is 285 g/mol. The summed E-state index contributed by atoms with van der Waals surface area (Å²) in [5, 5.41) is 3.13. The molecule has 1 aliphatic rings. The molecule has 0 radical (unpaired) electrons. The topological polar surface area (TPSA) is 60.9 Å². The second-order valence-electron chi connectivity index (χ2n) is 4.93. The highest BCUT2D eigenvalue weighted by atomic mass is 19.4. The molecule has 1 heterocycles. The fourth-order valence-corrected chi connectivity index (χ4v) is 2.51. The monoisotopic (exact) mass is 297 g/mol. The standard InChI is InChI=1S/C11H12F5N3O/c1-4-5(2)10(12,13)9-7(4)8(11(14,15)16)18-19(9)3-6(17)20/h4-5H,3H2,1-2H3,(H2,17,20)/t4-,5+/m0/s1. The predicted molar refractivity (Wildman–Crippen MR) is 57.9 cm³/mol. The van der Waals surface area contributed by atoms with E-state index in [1.165, 1.54) is 13.8 Å². The summed E-state index contributed by atoms with van der Waals surface area (Å²) in [5.41, 5.74) is 2.10. The minimum Gasteiger partial charge on any atom is -0.368 e. The summed E-state index contributed by atoms with van der Waals surface area (Å²) in [6.45, 7) is 1.64. The molecule has 4 nitrogen and oxygen atoms in total. The van der Waals surface area contributed by atoms with Crippen molar-refractivity contribution in [2.45, 2.75) is 38.4 Å². The lowest BCUT2D eigenvalue weighted by Gasteiger charge is -2.20. The average molecular weight is 297 g/mol. The number of nitrogens with zero attached hydrogens (tertiary/aromatic N) is 2. The molecule has 0 fully saturated rings. The van der Waals surface area contributed by atoms with Crippen LogP contribution in [0.2, 0.25) is 0 Å². The summed E-state index contributed by atoms with van der Waals surface area (Å²) in [7, 11) is 0. The van der Waals surface area contributed by atoms with Gasteiger partial charge in [-0.2, -0.15) is 27.1 Å². The Morgan fingerprint density at radius 3 is 2.40 bits per heavy atom. The summed E-state index contributed by atoms with van der Waals surface area (Å²) in [6.07, 6.45) is -4.86. The summed E-state index contributed by atoms with van der Waals surface area (Å²) in [4.78, 5) is 10.8. The van der Waals surface area contributed by atoms with E-state index in [1.54, 1.807) is 0 Å². The number of aromatic nitrogens is 2. The Kier molecular flexibility index (Phi) is 3.06. The van der Waals surface area contributed by atoms with Crippen LogP contribution in [0.1, 0.15) is 36.7 Å². The third kappa shape index (κ3) is 1.95. The van der Waals surface area contributed by atoms with Crippen LogP contribution >= 0.6 is 0 Å². The average Bonchev–Trinajstić information content (AvgIpc) is 2.71. The number of rotatable bonds is 2. The maximum absolute atomic E-state index is 14.1. The lowest BCUT2D eigenvalue weighted by Crippen LogP contribution is -2.28. The number of hydrogen-bond donors (Lipinski definition) is 1. The molecule has 20 heavy (non-hydrogen) atoms. The molecule has 2 rings (SSSR count). The van der Waals surface area contributed by atoms with Crippen molar-refractivity contribution >= 4 is 5.91 Å². The summed E-state index contributed by atoms with van der Waals surface area (Å²) >= 11 is 0. The van der Waals surface area contributed by atoms with Gasteiger partial charge >= 0.3 is 6.18 Å². The minimum atomic E-state index is -4.86. The van der Waals surface area contributed by atoms with Gasteiger partial charge in [0.1, 0.15) is 12.2 Å². The Morgan fingerprint density at radius 2 is 1.95 bits per heavy atom. The first-order chi connectivity index (χ1) is 8.98. The Labute approximate surface area is 110 Å². The van der Waals surface area contributed by atoms with Crippen LogP contribution in [-0.4, -0.2) is 15.7 Å². The van der Waals surface area contributed by atoms with Crippen molar-refractivity contribution in [3.05, 3.63) is 17.0 Å². The second-order valence-corrected chi connectivity index (χ2v) is 4.93. The first-order valence-electron chi connectivity index (χ1n) is 5.82. The van der Waals surface area contributed by atoms with Crippen molar-refractivity contribution in [3.63, 3.8) is 0 Å². The molecule has 0 bridgehead atoms. The molecule has 0 aliphatic heterocycles. The van der Waals surface area contributed by atoms with Crippen LogP contribution in [0, 0.1) is 5.92 Å². The first kappa shape index (κ1) is 14.7. The number of carbonyl (C=O) groups is 1. The van der Waals surface area contributed by atoms with E-state index >= 15 is 0 Å². The van der Waals surface area contributed by atoms with Crippen molar-refractivity contribution in [2.24, 2.45) is 11.7 Å². The van der Waals surface area contributed by atoms with Gasteiger partial charge in [0, 0.05) is 11.5 Å². The molecule has 0 saturated heterocycles. The Morgan fingerprint density at radius 1 is 1.40 bits per heavy atom. The van der Waals surface area contributed by atoms with Gasteiger partial charge in [0.25, 0.3) is 5.92 Å². The zero-order valence-corrected chi connectivity index (χ0v) is 10.6. The van der Waals surface area contributed by atoms with Crippen LogP contribution in [-0.2, 0) is 23.4 Å². The van der Waals surface area contributed by atoms with Gasteiger partial charge in [-0.15, -0.1) is 0 Å². The van der Waals surface area contributed by atoms with Crippen molar-refractivity contribution in [1.29, 1.82) is 0 Å². The smallest absolute Gasteiger partial charge is 0.368 e. The molecule has 112 valence electrons. The number of hydrogen-bond acceptors (Lipinski definition) is 2. The Balaban J connectivity index is 2.71. The number of carbonyl (C=O) groups excluding carboxylic acids is 1. The van der Waals surface area contributed by atoms with Gasteiger partial charge < -0.3 is 5.73 Å². The van der Waals surface area contributed by atoms with Gasteiger partial charge in [-0.3, -0.25) is 9.48 Å². The van der Waals surface area contributed by atoms with E-state index in [-0.39, 0.29) is 0 Å². The first-order valence-corrected chi connectivity index (χ1v) is 5.82. The predicted octanol–water partition coefficient (Wildman–Crippen LogP) is 2.23. The molecule has 1 aromatic rings. The van der Waals surface area contributed by atoms with Gasteiger partial charge in [-0.1, -0.05) is 13.8 Å². The second kappa shape index (κ2) is 4.16. The summed E-state index contributed by atoms with van der Waals surface area (Å²) in [5.74, 6) is -6.85. The van der Waals surface area contributed by atoms with Crippen molar-refractivity contribution < 1.29 is 26.7 Å². The van der Waals surface area contributed by atoms with Crippen LogP contribution in [0.3, 0.4) is 0 Å². The zero-order chi connectivity index (χ0) is 15.5. The van der Waals surface area contributed by atoms with Crippen molar-refractivity contribution in [2.75, 3.05) is 0 Å². The number of alkyl halides is 5. The van der Waals surface area contributed by atoms with E-state index in [0.29, 0.717) is 4.68 Å². The number of nitrogens with two attached hydrogens (primary N) is 1. The molecule has 0 aromatic carbocycles. The summed E-state index contributed by atoms with van der Waals surface area (Å²) in [6, 6.07) is 0. The van der Waals surface area contributed by atoms with E-state index in [4.69, 9.17) is 5.73 Å². The third-order valence-electron chi connectivity index (χ3n) is 3.66. The molecular formula is C11H12F5N3O. The van der Waals surface area contributed by atoms with Gasteiger partial charge in [-0.05, 0) is 5.92 Å². The van der Waals surface area contributed by atoms with Gasteiger partial charge in [0.2, 0.25) is 5.91 Å². The lowest BCUT2D eigenvalue weighted by atomic mass is 9.94. The molecule has 0 saturated carbocycles.